The Balaban J connectivity index is 1.71. The van der Waals surface area contributed by atoms with E-state index in [0.717, 1.165) is 24.5 Å². The maximum Gasteiger partial charge on any atom is 0.311 e. The van der Waals surface area contributed by atoms with Crippen LogP contribution in [0.4, 0.5) is 8.78 Å². The van der Waals surface area contributed by atoms with Crippen LogP contribution < -0.4 is 4.74 Å². The molecule has 0 N–H and O–H groups in total. The van der Waals surface area contributed by atoms with Gasteiger partial charge in [0, 0.05) is 12.5 Å². The third-order valence-electron chi connectivity index (χ3n) is 4.54. The van der Waals surface area contributed by atoms with Gasteiger partial charge in [-0.05, 0) is 30.4 Å². The van der Waals surface area contributed by atoms with Crippen LogP contribution in [0.25, 0.3) is 0 Å². The van der Waals surface area contributed by atoms with Gasteiger partial charge in [0.25, 0.3) is 0 Å². The molecule has 0 spiro atoms. The largest absolute Gasteiger partial charge is 0.426 e. The molecule has 2 nitrogen and oxygen atoms in total. The number of benzene rings is 1. The molecule has 1 saturated carbocycles. The summed E-state index contributed by atoms with van der Waals surface area (Å²) in [4.78, 5) is 11.8. The first-order chi connectivity index (χ1) is 10.6. The monoisotopic (exact) mass is 310 g/mol. The number of hydrogen-bond donors (Lipinski definition) is 0. The average molecular weight is 310 g/mol. The molecular formula is C18H24F2O2. The van der Waals surface area contributed by atoms with Gasteiger partial charge in [-0.1, -0.05) is 45.4 Å². The summed E-state index contributed by atoms with van der Waals surface area (Å²) in [7, 11) is 0. The van der Waals surface area contributed by atoms with Crippen molar-refractivity contribution in [1.29, 1.82) is 0 Å². The average Bonchev–Trinajstić information content (AvgIpc) is 2.51. The van der Waals surface area contributed by atoms with Crippen molar-refractivity contribution in [2.75, 3.05) is 0 Å². The second-order valence-corrected chi connectivity index (χ2v) is 6.26. The molecule has 2 rings (SSSR count). The van der Waals surface area contributed by atoms with Crippen LogP contribution in [0.1, 0.15) is 58.3 Å². The summed E-state index contributed by atoms with van der Waals surface area (Å²) in [6.07, 6.45) is 8.60. The molecule has 1 aromatic rings. The smallest absolute Gasteiger partial charge is 0.311 e. The number of carbonyl (C=O) groups is 1. The maximum atomic E-state index is 13.0. The summed E-state index contributed by atoms with van der Waals surface area (Å²) in [5.74, 6) is -0.804. The number of halogens is 2. The summed E-state index contributed by atoms with van der Waals surface area (Å²) in [5, 5.41) is 0. The molecule has 0 bridgehead atoms. The number of ether oxygens (including phenoxy) is 1. The van der Waals surface area contributed by atoms with Crippen LogP contribution in [0.15, 0.2) is 18.2 Å². The first kappa shape index (κ1) is 16.9. The van der Waals surface area contributed by atoms with E-state index in [4.69, 9.17) is 4.74 Å². The highest BCUT2D eigenvalue weighted by Crippen LogP contribution is 2.33. The Hall–Kier alpha value is -1.45. The van der Waals surface area contributed by atoms with E-state index in [-0.39, 0.29) is 11.7 Å². The predicted octanol–water partition coefficient (Wildman–Crippen LogP) is 5.26. The van der Waals surface area contributed by atoms with Crippen molar-refractivity contribution in [1.82, 2.24) is 0 Å². The van der Waals surface area contributed by atoms with Gasteiger partial charge < -0.3 is 4.74 Å². The van der Waals surface area contributed by atoms with Crippen LogP contribution in [-0.2, 0) is 4.79 Å². The Kier molecular flexibility index (Phi) is 6.34. The number of rotatable bonds is 6. The zero-order valence-electron chi connectivity index (χ0n) is 13.1. The van der Waals surface area contributed by atoms with E-state index >= 15 is 0 Å². The maximum absolute atomic E-state index is 13.0. The summed E-state index contributed by atoms with van der Waals surface area (Å²) >= 11 is 0. The Bertz CT molecular complexity index is 494. The van der Waals surface area contributed by atoms with Gasteiger partial charge in [0.2, 0.25) is 0 Å². The summed E-state index contributed by atoms with van der Waals surface area (Å²) < 4.78 is 30.9. The van der Waals surface area contributed by atoms with Gasteiger partial charge in [0.1, 0.15) is 5.75 Å². The van der Waals surface area contributed by atoms with Gasteiger partial charge in [-0.2, -0.15) is 0 Å². The minimum Gasteiger partial charge on any atom is -0.426 e. The zero-order valence-corrected chi connectivity index (χ0v) is 13.1. The molecular weight excluding hydrogens is 286 g/mol. The minimum atomic E-state index is -1.00. The number of carbonyl (C=O) groups excluding carboxylic acids is 1. The van der Waals surface area contributed by atoms with Gasteiger partial charge in [-0.25, -0.2) is 8.78 Å². The van der Waals surface area contributed by atoms with Crippen molar-refractivity contribution in [3.8, 4) is 5.75 Å². The van der Waals surface area contributed by atoms with Crippen LogP contribution >= 0.6 is 0 Å². The van der Waals surface area contributed by atoms with E-state index in [0.29, 0.717) is 12.3 Å². The summed E-state index contributed by atoms with van der Waals surface area (Å²) in [6.45, 7) is 2.22. The number of hydrogen-bond acceptors (Lipinski definition) is 2. The molecule has 22 heavy (non-hydrogen) atoms. The topological polar surface area (TPSA) is 26.3 Å². The standard InChI is InChI=1S/C18H24F2O2/c1-2-3-13-4-6-14(7-5-13)8-11-18(21)22-15-9-10-16(19)17(20)12-15/h9-10,12-14H,2-8,11H2,1H3. The molecule has 0 aliphatic heterocycles. The third-order valence-corrected chi connectivity index (χ3v) is 4.54. The molecule has 0 heterocycles. The van der Waals surface area contributed by atoms with Gasteiger partial charge in [-0.15, -0.1) is 0 Å². The van der Waals surface area contributed by atoms with Crippen molar-refractivity contribution in [2.24, 2.45) is 11.8 Å². The van der Waals surface area contributed by atoms with Crippen molar-refractivity contribution in [3.05, 3.63) is 29.8 Å². The lowest BCUT2D eigenvalue weighted by molar-refractivity contribution is -0.134. The zero-order chi connectivity index (χ0) is 15.9. The number of esters is 1. The van der Waals surface area contributed by atoms with Gasteiger partial charge >= 0.3 is 5.97 Å². The van der Waals surface area contributed by atoms with E-state index in [9.17, 15) is 13.6 Å². The molecule has 0 aromatic heterocycles. The van der Waals surface area contributed by atoms with Crippen LogP contribution in [0.5, 0.6) is 5.75 Å². The van der Waals surface area contributed by atoms with E-state index < -0.39 is 11.6 Å². The van der Waals surface area contributed by atoms with Crippen LogP contribution in [0.3, 0.4) is 0 Å². The first-order valence-corrected chi connectivity index (χ1v) is 8.24. The molecule has 122 valence electrons. The van der Waals surface area contributed by atoms with Crippen LogP contribution in [0, 0.1) is 23.5 Å². The van der Waals surface area contributed by atoms with Gasteiger partial charge in [0.05, 0.1) is 0 Å². The highest BCUT2D eigenvalue weighted by Gasteiger charge is 2.21. The highest BCUT2D eigenvalue weighted by molar-refractivity contribution is 5.72. The predicted molar refractivity (Wildman–Crippen MR) is 81.6 cm³/mol. The molecule has 1 fully saturated rings. The van der Waals surface area contributed by atoms with E-state index in [1.807, 2.05) is 0 Å². The molecule has 0 atom stereocenters. The fraction of sp³-hybridized carbons (Fsp3) is 0.611. The normalized spacial score (nSPS) is 21.6. The molecule has 0 radical (unpaired) electrons. The quantitative estimate of drug-likeness (QED) is 0.529. The van der Waals surface area contributed by atoms with Crippen LogP contribution in [-0.4, -0.2) is 5.97 Å². The highest BCUT2D eigenvalue weighted by atomic mass is 19.2. The van der Waals surface area contributed by atoms with Crippen molar-refractivity contribution < 1.29 is 18.3 Å². The lowest BCUT2D eigenvalue weighted by Gasteiger charge is -2.28. The fourth-order valence-electron chi connectivity index (χ4n) is 3.26. The van der Waals surface area contributed by atoms with E-state index in [2.05, 4.69) is 6.92 Å². The molecule has 0 unspecified atom stereocenters. The second kappa shape index (κ2) is 8.25. The van der Waals surface area contributed by atoms with Gasteiger partial charge in [0.15, 0.2) is 11.6 Å². The molecule has 1 aliphatic carbocycles. The minimum absolute atomic E-state index is 0.0653. The molecule has 0 amide bonds. The van der Waals surface area contributed by atoms with Crippen molar-refractivity contribution >= 4 is 5.97 Å². The SMILES string of the molecule is CCCC1CCC(CCC(=O)Oc2ccc(F)c(F)c2)CC1. The molecule has 1 aliphatic rings. The van der Waals surface area contributed by atoms with Gasteiger partial charge in [-0.3, -0.25) is 4.79 Å². The summed E-state index contributed by atoms with van der Waals surface area (Å²) in [5.41, 5.74) is 0. The second-order valence-electron chi connectivity index (χ2n) is 6.26. The lowest BCUT2D eigenvalue weighted by Crippen LogP contribution is -2.17. The fourth-order valence-corrected chi connectivity index (χ4v) is 3.26. The Labute approximate surface area is 130 Å². The van der Waals surface area contributed by atoms with Crippen molar-refractivity contribution in [2.45, 2.75) is 58.3 Å². The Morgan fingerprint density at radius 2 is 1.73 bits per heavy atom. The Morgan fingerprint density at radius 3 is 2.32 bits per heavy atom. The lowest BCUT2D eigenvalue weighted by atomic mass is 9.78. The molecule has 0 saturated heterocycles. The van der Waals surface area contributed by atoms with Crippen LogP contribution in [0.2, 0.25) is 0 Å². The summed E-state index contributed by atoms with van der Waals surface area (Å²) in [6, 6.07) is 3.14. The first-order valence-electron chi connectivity index (χ1n) is 8.24. The van der Waals surface area contributed by atoms with E-state index in [1.165, 1.54) is 44.6 Å². The molecule has 4 heteroatoms. The Morgan fingerprint density at radius 1 is 1.09 bits per heavy atom. The van der Waals surface area contributed by atoms with E-state index in [1.54, 1.807) is 0 Å². The molecule has 1 aromatic carbocycles. The third kappa shape index (κ3) is 5.08. The van der Waals surface area contributed by atoms with Crippen molar-refractivity contribution in [3.63, 3.8) is 0 Å².